The van der Waals surface area contributed by atoms with Crippen molar-refractivity contribution < 1.29 is 14.0 Å². The van der Waals surface area contributed by atoms with Gasteiger partial charge in [-0.1, -0.05) is 48.5 Å². The molecule has 3 aromatic heterocycles. The Morgan fingerprint density at radius 3 is 2.39 bits per heavy atom. The summed E-state index contributed by atoms with van der Waals surface area (Å²) in [5.41, 5.74) is 11.4. The van der Waals surface area contributed by atoms with Gasteiger partial charge in [0.15, 0.2) is 5.78 Å². The van der Waals surface area contributed by atoms with Crippen LogP contribution in [0.1, 0.15) is 27.3 Å². The van der Waals surface area contributed by atoms with E-state index in [4.69, 9.17) is 5.73 Å². The highest BCUT2D eigenvalue weighted by atomic mass is 19.1. The van der Waals surface area contributed by atoms with Gasteiger partial charge in [0.2, 0.25) is 0 Å². The van der Waals surface area contributed by atoms with Gasteiger partial charge in [0, 0.05) is 35.5 Å². The van der Waals surface area contributed by atoms with Crippen LogP contribution in [0.15, 0.2) is 91.4 Å². The normalized spacial score (nSPS) is 11.3. The summed E-state index contributed by atoms with van der Waals surface area (Å²) >= 11 is 0. The molecule has 0 aliphatic carbocycles. The van der Waals surface area contributed by atoms with Gasteiger partial charge in [0.1, 0.15) is 17.2 Å². The van der Waals surface area contributed by atoms with Gasteiger partial charge in [-0.25, -0.2) is 14.2 Å². The Kier molecular flexibility index (Phi) is 5.57. The number of carbonyl (C=O) groups is 2. The van der Waals surface area contributed by atoms with E-state index in [1.165, 1.54) is 22.9 Å². The van der Waals surface area contributed by atoms with E-state index in [1.54, 1.807) is 48.8 Å². The number of carbonyl (C=O) groups excluding carboxylic acids is 2. The Bertz CT molecular complexity index is 1850. The molecule has 7 nitrogen and oxygen atoms in total. The zero-order valence-electron chi connectivity index (χ0n) is 20.4. The molecule has 186 valence electrons. The number of fused-ring (bicyclic) bond motifs is 2. The van der Waals surface area contributed by atoms with E-state index in [0.717, 1.165) is 33.5 Å². The van der Waals surface area contributed by atoms with Crippen LogP contribution >= 0.6 is 0 Å². The first-order valence-electron chi connectivity index (χ1n) is 12.0. The van der Waals surface area contributed by atoms with Crippen LogP contribution in [0.5, 0.6) is 0 Å². The van der Waals surface area contributed by atoms with Crippen molar-refractivity contribution in [2.24, 2.45) is 5.73 Å². The lowest BCUT2D eigenvalue weighted by Gasteiger charge is -2.08. The largest absolute Gasteiger partial charge is 0.351 e. The Balaban J connectivity index is 1.33. The second-order valence-corrected chi connectivity index (χ2v) is 9.13. The average molecular weight is 504 g/mol. The highest BCUT2D eigenvalue weighted by Crippen LogP contribution is 2.29. The number of halogens is 1. The predicted octanol–water partition coefficient (Wildman–Crippen LogP) is 5.71. The van der Waals surface area contributed by atoms with Crippen molar-refractivity contribution in [2.75, 3.05) is 0 Å². The van der Waals surface area contributed by atoms with E-state index in [2.05, 4.69) is 14.5 Å². The Hall–Kier alpha value is -5.11. The molecule has 8 heteroatoms. The Labute approximate surface area is 217 Å². The summed E-state index contributed by atoms with van der Waals surface area (Å²) in [6.07, 6.45) is 4.96. The third-order valence-electron chi connectivity index (χ3n) is 6.76. The smallest absolute Gasteiger partial charge is 0.323 e. The number of imidazole rings is 1. The standard InChI is InChI=1S/C30H22FN5O2/c1-18-34-26-15-33-13-12-27(26)35(18)16-19-2-4-21(5-3-19)29(37)25-17-36(30(32)38)28-14-22(8-11-24(25)28)20-6-9-23(31)10-7-20/h2-15,17H,16H2,1H3,(H2,32,38). The number of hydrogen-bond donors (Lipinski definition) is 1. The number of aryl methyl sites for hydroxylation is 1. The van der Waals surface area contributed by atoms with Crippen LogP contribution in [0, 0.1) is 12.7 Å². The molecule has 3 aromatic carbocycles. The summed E-state index contributed by atoms with van der Waals surface area (Å²) in [6, 6.07) is 20.1. The summed E-state index contributed by atoms with van der Waals surface area (Å²) in [6.45, 7) is 2.56. The van der Waals surface area contributed by atoms with Gasteiger partial charge >= 0.3 is 6.03 Å². The molecular weight excluding hydrogens is 481 g/mol. The molecule has 0 unspecified atom stereocenters. The van der Waals surface area contributed by atoms with Crippen LogP contribution in [0.25, 0.3) is 33.1 Å². The van der Waals surface area contributed by atoms with Crippen LogP contribution in [-0.4, -0.2) is 30.9 Å². The zero-order chi connectivity index (χ0) is 26.4. The van der Waals surface area contributed by atoms with Crippen molar-refractivity contribution in [1.82, 2.24) is 19.1 Å². The fraction of sp³-hybridized carbons (Fsp3) is 0.0667. The van der Waals surface area contributed by atoms with Crippen molar-refractivity contribution >= 4 is 33.8 Å². The van der Waals surface area contributed by atoms with E-state index >= 15 is 0 Å². The van der Waals surface area contributed by atoms with Gasteiger partial charge in [-0.15, -0.1) is 0 Å². The second-order valence-electron chi connectivity index (χ2n) is 9.13. The molecule has 0 saturated heterocycles. The number of nitrogens with two attached hydrogens (primary N) is 1. The number of benzene rings is 3. The van der Waals surface area contributed by atoms with Crippen molar-refractivity contribution in [3.05, 3.63) is 120 Å². The Morgan fingerprint density at radius 1 is 0.921 bits per heavy atom. The maximum Gasteiger partial charge on any atom is 0.323 e. The monoisotopic (exact) mass is 503 g/mol. The number of rotatable bonds is 5. The van der Waals surface area contributed by atoms with Crippen molar-refractivity contribution in [3.8, 4) is 11.1 Å². The number of aromatic nitrogens is 4. The van der Waals surface area contributed by atoms with Crippen LogP contribution in [-0.2, 0) is 6.54 Å². The zero-order valence-corrected chi connectivity index (χ0v) is 20.4. The molecule has 0 bridgehead atoms. The summed E-state index contributed by atoms with van der Waals surface area (Å²) < 4.78 is 16.7. The molecule has 0 aliphatic heterocycles. The molecule has 0 spiro atoms. The van der Waals surface area contributed by atoms with Gasteiger partial charge < -0.3 is 10.3 Å². The highest BCUT2D eigenvalue weighted by Gasteiger charge is 2.19. The second kappa shape index (κ2) is 9.08. The molecule has 0 fully saturated rings. The average Bonchev–Trinajstić information content (AvgIpc) is 3.46. The first-order valence-corrected chi connectivity index (χ1v) is 12.0. The fourth-order valence-corrected chi connectivity index (χ4v) is 4.81. The molecule has 6 rings (SSSR count). The summed E-state index contributed by atoms with van der Waals surface area (Å²) in [5.74, 6) is 0.332. The minimum absolute atomic E-state index is 0.216. The maximum absolute atomic E-state index is 13.5. The van der Waals surface area contributed by atoms with Gasteiger partial charge in [-0.3, -0.25) is 14.3 Å². The summed E-state index contributed by atoms with van der Waals surface area (Å²) in [4.78, 5) is 34.4. The molecular formula is C30H22FN5O2. The Morgan fingerprint density at radius 2 is 1.66 bits per heavy atom. The first-order chi connectivity index (χ1) is 18.4. The number of ketones is 1. The van der Waals surface area contributed by atoms with Crippen LogP contribution in [0.3, 0.4) is 0 Å². The molecule has 0 saturated carbocycles. The summed E-state index contributed by atoms with van der Waals surface area (Å²) in [5, 5.41) is 0.609. The third-order valence-corrected chi connectivity index (χ3v) is 6.76. The van der Waals surface area contributed by atoms with E-state index < -0.39 is 6.03 Å². The van der Waals surface area contributed by atoms with Crippen LogP contribution in [0.4, 0.5) is 9.18 Å². The lowest BCUT2D eigenvalue weighted by atomic mass is 9.99. The van der Waals surface area contributed by atoms with E-state index in [0.29, 0.717) is 28.6 Å². The molecule has 0 radical (unpaired) electrons. The number of pyridine rings is 1. The molecule has 0 atom stereocenters. The van der Waals surface area contributed by atoms with Crippen molar-refractivity contribution in [3.63, 3.8) is 0 Å². The van der Waals surface area contributed by atoms with Gasteiger partial charge in [0.25, 0.3) is 0 Å². The molecule has 3 heterocycles. The SMILES string of the molecule is Cc1nc2cnccc2n1Cc1ccc(C(=O)c2cn(C(N)=O)c3cc(-c4ccc(F)cc4)ccc23)cc1. The topological polar surface area (TPSA) is 95.8 Å². The van der Waals surface area contributed by atoms with E-state index in [9.17, 15) is 14.0 Å². The summed E-state index contributed by atoms with van der Waals surface area (Å²) in [7, 11) is 0. The van der Waals surface area contributed by atoms with E-state index in [-0.39, 0.29) is 11.6 Å². The lowest BCUT2D eigenvalue weighted by Crippen LogP contribution is -2.18. The van der Waals surface area contributed by atoms with Gasteiger partial charge in [0.05, 0.1) is 17.2 Å². The minimum atomic E-state index is -0.696. The van der Waals surface area contributed by atoms with E-state index in [1.807, 2.05) is 31.2 Å². The molecule has 0 aliphatic rings. The fourth-order valence-electron chi connectivity index (χ4n) is 4.81. The van der Waals surface area contributed by atoms with Gasteiger partial charge in [-0.05, 0) is 47.9 Å². The number of primary amides is 1. The molecule has 6 aromatic rings. The van der Waals surface area contributed by atoms with Crippen molar-refractivity contribution in [2.45, 2.75) is 13.5 Å². The van der Waals surface area contributed by atoms with Gasteiger partial charge in [-0.2, -0.15) is 0 Å². The number of hydrogen-bond acceptors (Lipinski definition) is 4. The van der Waals surface area contributed by atoms with Crippen LogP contribution < -0.4 is 5.73 Å². The lowest BCUT2D eigenvalue weighted by molar-refractivity contribution is 0.104. The third kappa shape index (κ3) is 4.02. The number of amides is 1. The minimum Gasteiger partial charge on any atom is -0.351 e. The van der Waals surface area contributed by atoms with Crippen LogP contribution in [0.2, 0.25) is 0 Å². The number of nitrogens with zero attached hydrogens (tertiary/aromatic N) is 4. The maximum atomic E-state index is 13.5. The molecule has 1 amide bonds. The van der Waals surface area contributed by atoms with Crippen molar-refractivity contribution in [1.29, 1.82) is 0 Å². The quantitative estimate of drug-likeness (QED) is 0.305. The predicted molar refractivity (Wildman–Crippen MR) is 144 cm³/mol. The molecule has 2 N–H and O–H groups in total. The molecule has 38 heavy (non-hydrogen) atoms. The highest BCUT2D eigenvalue weighted by molar-refractivity contribution is 6.17. The first kappa shape index (κ1) is 23.3.